The quantitative estimate of drug-likeness (QED) is 0.650. The lowest BCUT2D eigenvalue weighted by Gasteiger charge is -2.21. The Labute approximate surface area is 182 Å². The summed E-state index contributed by atoms with van der Waals surface area (Å²) in [7, 11) is 7.59. The maximum atomic E-state index is 13.6. The first kappa shape index (κ1) is 20.1. The zero-order chi connectivity index (χ0) is 21.9. The van der Waals surface area contributed by atoms with E-state index in [0.29, 0.717) is 24.2 Å². The van der Waals surface area contributed by atoms with Crippen molar-refractivity contribution in [3.8, 4) is 0 Å². The molecule has 3 aromatic rings. The van der Waals surface area contributed by atoms with Gasteiger partial charge in [0.25, 0.3) is 5.91 Å². The van der Waals surface area contributed by atoms with Gasteiger partial charge in [-0.25, -0.2) is 4.79 Å². The normalized spacial score (nSPS) is 19.1. The van der Waals surface area contributed by atoms with Crippen LogP contribution in [0.4, 0.5) is 4.79 Å². The number of nitrogens with zero attached hydrogens (tertiary/aromatic N) is 5. The average molecular weight is 422 g/mol. The van der Waals surface area contributed by atoms with Crippen molar-refractivity contribution >= 4 is 33.9 Å². The Kier molecular flexibility index (Phi) is 4.81. The summed E-state index contributed by atoms with van der Waals surface area (Å²) in [5.74, 6) is 0.628. The monoisotopic (exact) mass is 421 g/mol. The lowest BCUT2D eigenvalue weighted by molar-refractivity contribution is 0.0773. The predicted octanol–water partition coefficient (Wildman–Crippen LogP) is 3.31. The molecule has 0 bridgehead atoms. The standard InChI is InChI=1S/C24H31N5O2/c1-25(2)17-11-12-27(15-17)23(30)21-13-20-22(29(21)24(31)26(3)4)18-7-5-6-8-19(18)28(20)14-16-9-10-16/h5-8,13,16-17H,9-12,14-15H2,1-4H3/t17-/m1/s1. The zero-order valence-electron chi connectivity index (χ0n) is 18.8. The molecule has 1 saturated carbocycles. The molecule has 3 heterocycles. The van der Waals surface area contributed by atoms with Gasteiger partial charge in [0, 0.05) is 45.2 Å². The molecule has 2 amide bonds. The molecular weight excluding hydrogens is 390 g/mol. The Morgan fingerprint density at radius 3 is 2.42 bits per heavy atom. The van der Waals surface area contributed by atoms with Gasteiger partial charge in [0.15, 0.2) is 0 Å². The summed E-state index contributed by atoms with van der Waals surface area (Å²) in [5, 5.41) is 1.03. The fourth-order valence-corrected chi connectivity index (χ4v) is 4.82. The highest BCUT2D eigenvalue weighted by Crippen LogP contribution is 2.37. The Balaban J connectivity index is 1.68. The van der Waals surface area contributed by atoms with Crippen molar-refractivity contribution < 1.29 is 9.59 Å². The van der Waals surface area contributed by atoms with Crippen molar-refractivity contribution in [2.45, 2.75) is 31.8 Å². The summed E-state index contributed by atoms with van der Waals surface area (Å²) in [6.45, 7) is 2.35. The van der Waals surface area contributed by atoms with Crippen LogP contribution in [0, 0.1) is 5.92 Å². The highest BCUT2D eigenvalue weighted by atomic mass is 16.2. The van der Waals surface area contributed by atoms with Crippen molar-refractivity contribution in [1.82, 2.24) is 23.8 Å². The van der Waals surface area contributed by atoms with Crippen molar-refractivity contribution in [2.24, 2.45) is 5.92 Å². The third-order valence-corrected chi connectivity index (χ3v) is 6.83. The second kappa shape index (κ2) is 7.41. The lowest BCUT2D eigenvalue weighted by atomic mass is 10.2. The smallest absolute Gasteiger partial charge is 0.328 e. The number of fused-ring (bicyclic) bond motifs is 3. The molecular formula is C24H31N5O2. The third kappa shape index (κ3) is 3.31. The molecule has 2 aromatic heterocycles. The van der Waals surface area contributed by atoms with Crippen LogP contribution in [0.3, 0.4) is 0 Å². The maximum absolute atomic E-state index is 13.6. The number of para-hydroxylation sites is 1. The van der Waals surface area contributed by atoms with E-state index in [1.165, 1.54) is 12.8 Å². The Morgan fingerprint density at radius 1 is 1.03 bits per heavy atom. The van der Waals surface area contributed by atoms with Crippen LogP contribution in [0.1, 0.15) is 29.8 Å². The first-order valence-electron chi connectivity index (χ1n) is 11.2. The van der Waals surface area contributed by atoms with Crippen LogP contribution in [0.2, 0.25) is 0 Å². The molecule has 1 aliphatic heterocycles. The van der Waals surface area contributed by atoms with Gasteiger partial charge >= 0.3 is 6.03 Å². The van der Waals surface area contributed by atoms with Gasteiger partial charge in [-0.1, -0.05) is 18.2 Å². The van der Waals surface area contributed by atoms with Crippen molar-refractivity contribution in [1.29, 1.82) is 0 Å². The van der Waals surface area contributed by atoms with Crippen LogP contribution >= 0.6 is 0 Å². The van der Waals surface area contributed by atoms with Crippen molar-refractivity contribution in [2.75, 3.05) is 41.3 Å². The summed E-state index contributed by atoms with van der Waals surface area (Å²) in [6.07, 6.45) is 3.45. The number of carbonyl (C=O) groups excluding carboxylic acids is 2. The molecule has 1 aliphatic carbocycles. The summed E-state index contributed by atoms with van der Waals surface area (Å²) in [6, 6.07) is 10.3. The number of hydrogen-bond donors (Lipinski definition) is 0. The minimum Gasteiger partial charge on any atom is -0.339 e. The summed E-state index contributed by atoms with van der Waals surface area (Å²) in [4.78, 5) is 32.6. The SMILES string of the molecule is CN(C)C(=O)n1c(C(=O)N2CC[C@@H](N(C)C)C2)cc2c1c1ccccc1n2CC1CC1. The van der Waals surface area contributed by atoms with Gasteiger partial charge in [0.1, 0.15) is 5.69 Å². The number of amides is 2. The Hall–Kier alpha value is -2.80. The highest BCUT2D eigenvalue weighted by molar-refractivity contribution is 6.14. The van der Waals surface area contributed by atoms with E-state index in [0.717, 1.165) is 41.4 Å². The van der Waals surface area contributed by atoms with Gasteiger partial charge in [0.05, 0.1) is 16.6 Å². The van der Waals surface area contributed by atoms with Crippen LogP contribution in [0.15, 0.2) is 30.3 Å². The molecule has 1 saturated heterocycles. The molecule has 7 nitrogen and oxygen atoms in total. The first-order chi connectivity index (χ1) is 14.9. The highest BCUT2D eigenvalue weighted by Gasteiger charge is 2.33. The predicted molar refractivity (Wildman–Crippen MR) is 123 cm³/mol. The number of aromatic nitrogens is 2. The number of benzene rings is 1. The number of likely N-dealkylation sites (tertiary alicyclic amines) is 1. The van der Waals surface area contributed by atoms with Gasteiger partial charge in [-0.15, -0.1) is 0 Å². The van der Waals surface area contributed by atoms with Crippen LogP contribution in [0.5, 0.6) is 0 Å². The lowest BCUT2D eigenvalue weighted by Crippen LogP contribution is -2.37. The van der Waals surface area contributed by atoms with Crippen LogP contribution in [-0.2, 0) is 6.54 Å². The molecule has 0 spiro atoms. The number of hydrogen-bond acceptors (Lipinski definition) is 3. The van der Waals surface area contributed by atoms with Crippen molar-refractivity contribution in [3.63, 3.8) is 0 Å². The first-order valence-corrected chi connectivity index (χ1v) is 11.2. The number of likely N-dealkylation sites (N-methyl/N-ethyl adjacent to an activating group) is 1. The van der Waals surface area contributed by atoms with E-state index in [9.17, 15) is 9.59 Å². The van der Waals surface area contributed by atoms with E-state index >= 15 is 0 Å². The molecule has 2 aliphatic rings. The Morgan fingerprint density at radius 2 is 1.77 bits per heavy atom. The molecule has 1 aromatic carbocycles. The molecule has 31 heavy (non-hydrogen) atoms. The van der Waals surface area contributed by atoms with E-state index < -0.39 is 0 Å². The molecule has 0 N–H and O–H groups in total. The molecule has 7 heteroatoms. The van der Waals surface area contributed by atoms with Gasteiger partial charge < -0.3 is 19.3 Å². The van der Waals surface area contributed by atoms with E-state index in [4.69, 9.17) is 0 Å². The summed E-state index contributed by atoms with van der Waals surface area (Å²) in [5.41, 5.74) is 3.43. The fourth-order valence-electron chi connectivity index (χ4n) is 4.82. The Bertz CT molecular complexity index is 1170. The number of rotatable bonds is 4. The second-order valence-corrected chi connectivity index (χ2v) is 9.50. The van der Waals surface area contributed by atoms with Gasteiger partial charge in [0.2, 0.25) is 0 Å². The molecule has 164 valence electrons. The molecule has 1 atom stereocenters. The van der Waals surface area contributed by atoms with Crippen LogP contribution in [-0.4, -0.2) is 83.1 Å². The summed E-state index contributed by atoms with van der Waals surface area (Å²) >= 11 is 0. The third-order valence-electron chi connectivity index (χ3n) is 6.83. The van der Waals surface area contributed by atoms with E-state index in [2.05, 4.69) is 35.7 Å². The second-order valence-electron chi connectivity index (χ2n) is 9.50. The molecule has 5 rings (SSSR count). The average Bonchev–Trinajstić information content (AvgIpc) is 3.18. The number of carbonyl (C=O) groups is 2. The topological polar surface area (TPSA) is 53.7 Å². The van der Waals surface area contributed by atoms with E-state index in [1.807, 2.05) is 23.1 Å². The van der Waals surface area contributed by atoms with Gasteiger partial charge in [-0.05, 0) is 51.4 Å². The maximum Gasteiger partial charge on any atom is 0.328 e. The van der Waals surface area contributed by atoms with Crippen LogP contribution in [0.25, 0.3) is 21.9 Å². The molecule has 2 fully saturated rings. The molecule has 0 radical (unpaired) electrons. The molecule has 0 unspecified atom stereocenters. The zero-order valence-corrected chi connectivity index (χ0v) is 18.8. The minimum atomic E-state index is -0.184. The van der Waals surface area contributed by atoms with Crippen LogP contribution < -0.4 is 0 Å². The van der Waals surface area contributed by atoms with Gasteiger partial charge in [-0.2, -0.15) is 0 Å². The largest absolute Gasteiger partial charge is 0.339 e. The fraction of sp³-hybridized carbons (Fsp3) is 0.500. The van der Waals surface area contributed by atoms with Gasteiger partial charge in [-0.3, -0.25) is 9.36 Å². The summed E-state index contributed by atoms with van der Waals surface area (Å²) < 4.78 is 3.96. The van der Waals surface area contributed by atoms with E-state index in [-0.39, 0.29) is 11.9 Å². The minimum absolute atomic E-state index is 0.0576. The van der Waals surface area contributed by atoms with E-state index in [1.54, 1.807) is 23.6 Å². The van der Waals surface area contributed by atoms with Crippen molar-refractivity contribution in [3.05, 3.63) is 36.0 Å².